The van der Waals surface area contributed by atoms with Crippen molar-refractivity contribution in [1.82, 2.24) is 0 Å². The Morgan fingerprint density at radius 3 is 2.83 bits per heavy atom. The van der Waals surface area contributed by atoms with Crippen molar-refractivity contribution in [2.75, 3.05) is 25.1 Å². The number of nitrogens with one attached hydrogen (secondary N) is 1. The number of ether oxygens (including phenoxy) is 1. The highest BCUT2D eigenvalue weighted by Crippen LogP contribution is 2.28. The number of benzene rings is 1. The van der Waals surface area contributed by atoms with Crippen LogP contribution in [0.5, 0.6) is 0 Å². The number of hydrogen-bond acceptors (Lipinski definition) is 4. The lowest BCUT2D eigenvalue weighted by atomic mass is 10.0. The lowest BCUT2D eigenvalue weighted by Gasteiger charge is -2.22. The summed E-state index contributed by atoms with van der Waals surface area (Å²) in [4.78, 5) is 10.4. The molecule has 1 heterocycles. The normalized spacial score (nSPS) is 16.5. The van der Waals surface area contributed by atoms with E-state index in [9.17, 15) is 10.1 Å². The van der Waals surface area contributed by atoms with Crippen LogP contribution in [0.1, 0.15) is 12.8 Å². The molecule has 6 heteroatoms. The van der Waals surface area contributed by atoms with Crippen LogP contribution in [0.25, 0.3) is 0 Å². The summed E-state index contributed by atoms with van der Waals surface area (Å²) in [5.74, 6) is 0.585. The van der Waals surface area contributed by atoms with E-state index in [4.69, 9.17) is 4.74 Å². The first kappa shape index (κ1) is 13.3. The molecule has 98 valence electrons. The second-order valence-corrected chi connectivity index (χ2v) is 5.21. The predicted octanol–water partition coefficient (Wildman–Crippen LogP) is 3.20. The second kappa shape index (κ2) is 6.15. The van der Waals surface area contributed by atoms with Gasteiger partial charge >= 0.3 is 0 Å². The lowest BCUT2D eigenvalue weighted by molar-refractivity contribution is -0.385. The molecule has 18 heavy (non-hydrogen) atoms. The third-order valence-corrected chi connectivity index (χ3v) is 3.75. The summed E-state index contributed by atoms with van der Waals surface area (Å²) in [5.41, 5.74) is 0.878. The Hall–Kier alpha value is -1.14. The molecule has 0 unspecified atom stereocenters. The molecular weight excluding hydrogens is 300 g/mol. The molecule has 0 aliphatic carbocycles. The molecule has 0 radical (unpaired) electrons. The average Bonchev–Trinajstić information content (AvgIpc) is 2.38. The number of nitro benzene ring substituents is 1. The van der Waals surface area contributed by atoms with Crippen molar-refractivity contribution in [2.45, 2.75) is 12.8 Å². The summed E-state index contributed by atoms with van der Waals surface area (Å²) in [6.07, 6.45) is 2.09. The first-order chi connectivity index (χ1) is 8.66. The van der Waals surface area contributed by atoms with Gasteiger partial charge in [0, 0.05) is 31.5 Å². The van der Waals surface area contributed by atoms with Gasteiger partial charge < -0.3 is 10.1 Å². The van der Waals surface area contributed by atoms with Crippen molar-refractivity contribution >= 4 is 27.3 Å². The number of nitro groups is 1. The van der Waals surface area contributed by atoms with Gasteiger partial charge in [-0.2, -0.15) is 0 Å². The van der Waals surface area contributed by atoms with E-state index in [0.29, 0.717) is 10.4 Å². The molecular formula is C12H15BrN2O3. The summed E-state index contributed by atoms with van der Waals surface area (Å²) >= 11 is 3.17. The maximum Gasteiger partial charge on any atom is 0.285 e. The van der Waals surface area contributed by atoms with Crippen LogP contribution in [0.15, 0.2) is 22.7 Å². The molecule has 1 aromatic rings. The van der Waals surface area contributed by atoms with E-state index in [0.717, 1.165) is 38.3 Å². The maximum atomic E-state index is 10.8. The molecule has 0 bridgehead atoms. The SMILES string of the molecule is O=[N+]([O-])c1cc(NCC2CCOCC2)ccc1Br. The summed E-state index contributed by atoms with van der Waals surface area (Å²) in [7, 11) is 0. The fourth-order valence-corrected chi connectivity index (χ4v) is 2.37. The molecule has 1 N–H and O–H groups in total. The highest BCUT2D eigenvalue weighted by Gasteiger charge is 2.15. The highest BCUT2D eigenvalue weighted by molar-refractivity contribution is 9.10. The monoisotopic (exact) mass is 314 g/mol. The summed E-state index contributed by atoms with van der Waals surface area (Å²) < 4.78 is 5.80. The van der Waals surface area contributed by atoms with E-state index in [-0.39, 0.29) is 10.6 Å². The Kier molecular flexibility index (Phi) is 4.54. The van der Waals surface area contributed by atoms with Crippen LogP contribution in [0, 0.1) is 16.0 Å². The van der Waals surface area contributed by atoms with E-state index in [1.54, 1.807) is 12.1 Å². The summed E-state index contributed by atoms with van der Waals surface area (Å²) in [6, 6.07) is 5.10. The number of halogens is 1. The van der Waals surface area contributed by atoms with Gasteiger partial charge in [-0.25, -0.2) is 0 Å². The van der Waals surface area contributed by atoms with Crippen molar-refractivity contribution in [3.63, 3.8) is 0 Å². The van der Waals surface area contributed by atoms with Gasteiger partial charge in [-0.1, -0.05) is 0 Å². The second-order valence-electron chi connectivity index (χ2n) is 4.36. The standard InChI is InChI=1S/C12H15BrN2O3/c13-11-2-1-10(7-12(11)15(16)17)14-8-9-3-5-18-6-4-9/h1-2,7,9,14H,3-6,8H2. The molecule has 1 aliphatic rings. The van der Waals surface area contributed by atoms with Gasteiger partial charge in [0.2, 0.25) is 0 Å². The molecule has 0 amide bonds. The zero-order valence-corrected chi connectivity index (χ0v) is 11.5. The fraction of sp³-hybridized carbons (Fsp3) is 0.500. The zero-order valence-electron chi connectivity index (χ0n) is 9.89. The number of nitrogens with zero attached hydrogens (tertiary/aromatic N) is 1. The fourth-order valence-electron chi connectivity index (χ4n) is 1.98. The Bertz CT molecular complexity index is 433. The van der Waals surface area contributed by atoms with Gasteiger partial charge in [0.1, 0.15) is 0 Å². The topological polar surface area (TPSA) is 64.4 Å². The first-order valence-corrected chi connectivity index (χ1v) is 6.71. The van der Waals surface area contributed by atoms with Crippen LogP contribution in [-0.2, 0) is 4.74 Å². The van der Waals surface area contributed by atoms with E-state index in [1.165, 1.54) is 0 Å². The number of anilines is 1. The van der Waals surface area contributed by atoms with Crippen molar-refractivity contribution in [2.24, 2.45) is 5.92 Å². The maximum absolute atomic E-state index is 10.8. The van der Waals surface area contributed by atoms with Crippen LogP contribution >= 0.6 is 15.9 Å². The molecule has 0 saturated carbocycles. The smallest absolute Gasteiger partial charge is 0.285 e. The molecule has 0 aromatic heterocycles. The Labute approximate surface area is 114 Å². The third-order valence-electron chi connectivity index (χ3n) is 3.08. The van der Waals surface area contributed by atoms with E-state index in [1.807, 2.05) is 6.07 Å². The summed E-state index contributed by atoms with van der Waals surface area (Å²) in [5, 5.41) is 14.1. The Morgan fingerprint density at radius 2 is 2.17 bits per heavy atom. The van der Waals surface area contributed by atoms with Crippen LogP contribution in [0.2, 0.25) is 0 Å². The van der Waals surface area contributed by atoms with E-state index >= 15 is 0 Å². The van der Waals surface area contributed by atoms with Gasteiger partial charge in [0.15, 0.2) is 0 Å². The van der Waals surface area contributed by atoms with Gasteiger partial charge in [0.05, 0.1) is 9.40 Å². The minimum Gasteiger partial charge on any atom is -0.385 e. The van der Waals surface area contributed by atoms with Gasteiger partial charge in [0.25, 0.3) is 5.69 Å². The first-order valence-electron chi connectivity index (χ1n) is 5.92. The minimum atomic E-state index is -0.385. The van der Waals surface area contributed by atoms with Gasteiger partial charge in [-0.3, -0.25) is 10.1 Å². The molecule has 1 aliphatic heterocycles. The average molecular weight is 315 g/mol. The third kappa shape index (κ3) is 3.43. The molecule has 0 spiro atoms. The van der Waals surface area contributed by atoms with Crippen molar-refractivity contribution in [3.05, 3.63) is 32.8 Å². The quantitative estimate of drug-likeness (QED) is 0.684. The van der Waals surface area contributed by atoms with Crippen LogP contribution in [0.4, 0.5) is 11.4 Å². The number of hydrogen-bond donors (Lipinski definition) is 1. The predicted molar refractivity (Wildman–Crippen MR) is 72.8 cm³/mol. The Morgan fingerprint density at radius 1 is 1.44 bits per heavy atom. The highest BCUT2D eigenvalue weighted by atomic mass is 79.9. The van der Waals surface area contributed by atoms with Crippen LogP contribution in [-0.4, -0.2) is 24.7 Å². The van der Waals surface area contributed by atoms with Crippen molar-refractivity contribution < 1.29 is 9.66 Å². The van der Waals surface area contributed by atoms with Crippen molar-refractivity contribution in [3.8, 4) is 0 Å². The largest absolute Gasteiger partial charge is 0.385 e. The molecule has 2 rings (SSSR count). The minimum absolute atomic E-state index is 0.0898. The van der Waals surface area contributed by atoms with Gasteiger partial charge in [-0.05, 0) is 46.8 Å². The molecule has 5 nitrogen and oxygen atoms in total. The molecule has 1 saturated heterocycles. The number of rotatable bonds is 4. The van der Waals surface area contributed by atoms with E-state index < -0.39 is 0 Å². The Balaban J connectivity index is 1.96. The molecule has 1 fully saturated rings. The summed E-state index contributed by atoms with van der Waals surface area (Å²) in [6.45, 7) is 2.46. The molecule has 0 atom stereocenters. The van der Waals surface area contributed by atoms with Gasteiger partial charge in [-0.15, -0.1) is 0 Å². The van der Waals surface area contributed by atoms with E-state index in [2.05, 4.69) is 21.2 Å². The van der Waals surface area contributed by atoms with Crippen LogP contribution < -0.4 is 5.32 Å². The molecule has 1 aromatic carbocycles. The van der Waals surface area contributed by atoms with Crippen LogP contribution in [0.3, 0.4) is 0 Å². The van der Waals surface area contributed by atoms with Crippen molar-refractivity contribution in [1.29, 1.82) is 0 Å². The zero-order chi connectivity index (χ0) is 13.0. The lowest BCUT2D eigenvalue weighted by Crippen LogP contribution is -2.22.